The van der Waals surface area contributed by atoms with Crippen molar-refractivity contribution in [2.45, 2.75) is 19.9 Å². The summed E-state index contributed by atoms with van der Waals surface area (Å²) in [4.78, 5) is 20.3. The van der Waals surface area contributed by atoms with E-state index < -0.39 is 5.82 Å². The molecule has 4 rings (SSSR count). The smallest absolute Gasteiger partial charge is 0.254 e. The Morgan fingerprint density at radius 3 is 2.81 bits per heavy atom. The second-order valence-corrected chi connectivity index (χ2v) is 7.42. The molecule has 4 nitrogen and oxygen atoms in total. The number of nitrogens with zero attached hydrogens (tertiary/aromatic N) is 2. The van der Waals surface area contributed by atoms with Gasteiger partial charge in [0, 0.05) is 29.0 Å². The number of carbonyl (C=O) groups excluding carboxylic acids is 1. The standard InChI is InChI=1S/C21H19FN2O2S/c1-2-26-17-8-6-14(7-9-17)20-23-18-10-11-24(13-19(18)27-20)21(25)15-4-3-5-16(22)12-15/h3-9,12H,2,10-11,13H2,1H3. The monoisotopic (exact) mass is 382 g/mol. The van der Waals surface area contributed by atoms with Crippen LogP contribution in [0.4, 0.5) is 4.39 Å². The first-order chi connectivity index (χ1) is 13.1. The normalized spacial score (nSPS) is 13.3. The van der Waals surface area contributed by atoms with Gasteiger partial charge in [-0.3, -0.25) is 4.79 Å². The highest BCUT2D eigenvalue weighted by atomic mass is 32.1. The van der Waals surface area contributed by atoms with E-state index in [4.69, 9.17) is 9.72 Å². The van der Waals surface area contributed by atoms with E-state index in [2.05, 4.69) is 0 Å². The lowest BCUT2D eigenvalue weighted by Crippen LogP contribution is -2.35. The Bertz CT molecular complexity index is 969. The molecule has 0 N–H and O–H groups in total. The lowest BCUT2D eigenvalue weighted by atomic mass is 10.1. The van der Waals surface area contributed by atoms with Gasteiger partial charge >= 0.3 is 0 Å². The summed E-state index contributed by atoms with van der Waals surface area (Å²) in [6.45, 7) is 3.70. The molecule has 0 unspecified atom stereocenters. The van der Waals surface area contributed by atoms with Crippen LogP contribution in [-0.2, 0) is 13.0 Å². The molecule has 0 atom stereocenters. The summed E-state index contributed by atoms with van der Waals surface area (Å²) in [6.07, 6.45) is 0.712. The van der Waals surface area contributed by atoms with Crippen molar-refractivity contribution >= 4 is 17.2 Å². The number of benzene rings is 2. The highest BCUT2D eigenvalue weighted by Gasteiger charge is 2.25. The van der Waals surface area contributed by atoms with Crippen LogP contribution in [-0.4, -0.2) is 28.9 Å². The third kappa shape index (κ3) is 3.71. The van der Waals surface area contributed by atoms with Crippen LogP contribution in [0, 0.1) is 5.82 Å². The van der Waals surface area contributed by atoms with Gasteiger partial charge in [0.2, 0.25) is 0 Å². The Kier molecular flexibility index (Phi) is 4.90. The average molecular weight is 382 g/mol. The summed E-state index contributed by atoms with van der Waals surface area (Å²) in [5, 5.41) is 0.947. The Balaban J connectivity index is 1.53. The number of rotatable bonds is 4. The summed E-state index contributed by atoms with van der Waals surface area (Å²) in [5.74, 6) is 0.305. The van der Waals surface area contributed by atoms with Crippen molar-refractivity contribution in [3.8, 4) is 16.3 Å². The molecule has 2 heterocycles. The van der Waals surface area contributed by atoms with Gasteiger partial charge in [0.1, 0.15) is 16.6 Å². The van der Waals surface area contributed by atoms with E-state index in [9.17, 15) is 9.18 Å². The van der Waals surface area contributed by atoms with E-state index in [0.717, 1.165) is 26.9 Å². The maximum Gasteiger partial charge on any atom is 0.254 e. The third-order valence-electron chi connectivity index (χ3n) is 4.50. The van der Waals surface area contributed by atoms with Crippen LogP contribution in [0.3, 0.4) is 0 Å². The third-order valence-corrected chi connectivity index (χ3v) is 5.63. The van der Waals surface area contributed by atoms with E-state index in [1.165, 1.54) is 12.1 Å². The second kappa shape index (κ2) is 7.48. The van der Waals surface area contributed by atoms with Crippen molar-refractivity contribution < 1.29 is 13.9 Å². The fraction of sp³-hybridized carbons (Fsp3) is 0.238. The fourth-order valence-electron chi connectivity index (χ4n) is 3.16. The Morgan fingerprint density at radius 2 is 2.07 bits per heavy atom. The number of carbonyl (C=O) groups is 1. The Morgan fingerprint density at radius 1 is 1.26 bits per heavy atom. The van der Waals surface area contributed by atoms with Gasteiger partial charge in [-0.25, -0.2) is 9.37 Å². The van der Waals surface area contributed by atoms with Gasteiger partial charge in [-0.2, -0.15) is 0 Å². The summed E-state index contributed by atoms with van der Waals surface area (Å²) in [5.41, 5.74) is 2.47. The lowest BCUT2D eigenvalue weighted by Gasteiger charge is -2.26. The van der Waals surface area contributed by atoms with Crippen LogP contribution in [0.1, 0.15) is 27.9 Å². The summed E-state index contributed by atoms with van der Waals surface area (Å²) in [6, 6.07) is 13.7. The molecule has 0 fully saturated rings. The zero-order valence-corrected chi connectivity index (χ0v) is 15.8. The topological polar surface area (TPSA) is 42.4 Å². The molecular formula is C21H19FN2O2S. The van der Waals surface area contributed by atoms with Gasteiger partial charge in [-0.1, -0.05) is 6.07 Å². The molecular weight excluding hydrogens is 363 g/mol. The van der Waals surface area contributed by atoms with Crippen molar-refractivity contribution in [1.82, 2.24) is 9.88 Å². The molecule has 1 aliphatic rings. The number of halogens is 1. The first-order valence-electron chi connectivity index (χ1n) is 8.90. The van der Waals surface area contributed by atoms with Crippen LogP contribution in [0.25, 0.3) is 10.6 Å². The van der Waals surface area contributed by atoms with Crippen LogP contribution in [0.5, 0.6) is 5.75 Å². The number of aromatic nitrogens is 1. The maximum atomic E-state index is 13.4. The number of amides is 1. The van der Waals surface area contributed by atoms with E-state index in [1.807, 2.05) is 31.2 Å². The molecule has 0 radical (unpaired) electrons. The van der Waals surface area contributed by atoms with Crippen LogP contribution < -0.4 is 4.74 Å². The van der Waals surface area contributed by atoms with Gasteiger partial charge in [-0.15, -0.1) is 11.3 Å². The van der Waals surface area contributed by atoms with Crippen molar-refractivity contribution in [3.63, 3.8) is 0 Å². The largest absolute Gasteiger partial charge is 0.494 e. The zero-order chi connectivity index (χ0) is 18.8. The quantitative estimate of drug-likeness (QED) is 0.665. The molecule has 0 saturated carbocycles. The van der Waals surface area contributed by atoms with Crippen molar-refractivity contribution in [3.05, 3.63) is 70.5 Å². The predicted molar refractivity (Wildman–Crippen MR) is 104 cm³/mol. The number of hydrogen-bond donors (Lipinski definition) is 0. The molecule has 1 aliphatic heterocycles. The number of thiazole rings is 1. The van der Waals surface area contributed by atoms with Gasteiger partial charge < -0.3 is 9.64 Å². The molecule has 0 saturated heterocycles. The molecule has 0 spiro atoms. The van der Waals surface area contributed by atoms with Crippen LogP contribution in [0.2, 0.25) is 0 Å². The lowest BCUT2D eigenvalue weighted by molar-refractivity contribution is 0.0735. The van der Waals surface area contributed by atoms with Crippen molar-refractivity contribution in [2.24, 2.45) is 0 Å². The molecule has 27 heavy (non-hydrogen) atoms. The molecule has 0 aliphatic carbocycles. The fourth-order valence-corrected chi connectivity index (χ4v) is 4.29. The van der Waals surface area contributed by atoms with E-state index in [0.29, 0.717) is 31.7 Å². The highest BCUT2D eigenvalue weighted by molar-refractivity contribution is 7.15. The summed E-state index contributed by atoms with van der Waals surface area (Å²) >= 11 is 1.61. The number of ether oxygens (including phenoxy) is 1. The Hall–Kier alpha value is -2.73. The van der Waals surface area contributed by atoms with E-state index in [1.54, 1.807) is 28.4 Å². The molecule has 1 amide bonds. The summed E-state index contributed by atoms with van der Waals surface area (Å²) < 4.78 is 18.9. The van der Waals surface area contributed by atoms with Gasteiger partial charge in [0.25, 0.3) is 5.91 Å². The van der Waals surface area contributed by atoms with Crippen molar-refractivity contribution in [1.29, 1.82) is 0 Å². The maximum absolute atomic E-state index is 13.4. The number of fused-ring (bicyclic) bond motifs is 1. The van der Waals surface area contributed by atoms with E-state index in [-0.39, 0.29) is 5.91 Å². The average Bonchev–Trinajstić information content (AvgIpc) is 3.11. The van der Waals surface area contributed by atoms with Gasteiger partial charge in [-0.05, 0) is 49.4 Å². The molecule has 138 valence electrons. The minimum absolute atomic E-state index is 0.142. The number of hydrogen-bond acceptors (Lipinski definition) is 4. The minimum Gasteiger partial charge on any atom is -0.494 e. The summed E-state index contributed by atoms with van der Waals surface area (Å²) in [7, 11) is 0. The van der Waals surface area contributed by atoms with E-state index >= 15 is 0 Å². The first-order valence-corrected chi connectivity index (χ1v) is 9.72. The molecule has 1 aromatic heterocycles. The van der Waals surface area contributed by atoms with Gasteiger partial charge in [0.15, 0.2) is 0 Å². The van der Waals surface area contributed by atoms with Gasteiger partial charge in [0.05, 0.1) is 18.8 Å². The molecule has 2 aromatic carbocycles. The molecule has 6 heteroatoms. The predicted octanol–water partition coefficient (Wildman–Crippen LogP) is 4.55. The van der Waals surface area contributed by atoms with Crippen molar-refractivity contribution in [2.75, 3.05) is 13.2 Å². The van der Waals surface area contributed by atoms with Crippen LogP contribution in [0.15, 0.2) is 48.5 Å². The molecule has 3 aromatic rings. The minimum atomic E-state index is -0.394. The van der Waals surface area contributed by atoms with Crippen LogP contribution >= 0.6 is 11.3 Å². The first kappa shape index (κ1) is 17.7. The molecule has 0 bridgehead atoms. The Labute approximate surface area is 161 Å². The second-order valence-electron chi connectivity index (χ2n) is 6.33. The SMILES string of the molecule is CCOc1ccc(-c2nc3c(s2)CN(C(=O)c2cccc(F)c2)CC3)cc1. The zero-order valence-electron chi connectivity index (χ0n) is 14.9. The highest BCUT2D eigenvalue weighted by Crippen LogP contribution is 2.33.